The van der Waals surface area contributed by atoms with E-state index in [1.165, 1.54) is 0 Å². The van der Waals surface area contributed by atoms with Gasteiger partial charge in [-0.25, -0.2) is 0 Å². The molecule has 2 rings (SSSR count). The van der Waals surface area contributed by atoms with Gasteiger partial charge < -0.3 is 11.1 Å². The standard InChI is InChI=1S/C12H16N2O/c13-8-9-3-1-4-10(7-9)12-11(15)5-2-6-14-12/h1,3-4,7,12,14H,2,5-6,8,13H2. The summed E-state index contributed by atoms with van der Waals surface area (Å²) in [5.41, 5.74) is 7.70. The van der Waals surface area contributed by atoms with Crippen LogP contribution in [0.25, 0.3) is 0 Å². The predicted octanol–water partition coefficient (Wildman–Crippen LogP) is 1.14. The molecular weight excluding hydrogens is 188 g/mol. The van der Waals surface area contributed by atoms with Crippen molar-refractivity contribution >= 4 is 5.78 Å². The maximum Gasteiger partial charge on any atom is 0.154 e. The Morgan fingerprint density at radius 1 is 1.47 bits per heavy atom. The molecule has 0 amide bonds. The molecule has 3 N–H and O–H groups in total. The van der Waals surface area contributed by atoms with Gasteiger partial charge in [-0.2, -0.15) is 0 Å². The van der Waals surface area contributed by atoms with Crippen molar-refractivity contribution in [1.82, 2.24) is 5.32 Å². The van der Waals surface area contributed by atoms with Crippen LogP contribution in [-0.4, -0.2) is 12.3 Å². The molecule has 1 aromatic rings. The van der Waals surface area contributed by atoms with Crippen LogP contribution in [0.4, 0.5) is 0 Å². The zero-order valence-electron chi connectivity index (χ0n) is 8.70. The van der Waals surface area contributed by atoms with Gasteiger partial charge in [0.2, 0.25) is 0 Å². The topological polar surface area (TPSA) is 55.1 Å². The number of rotatable bonds is 2. The minimum atomic E-state index is -0.120. The fourth-order valence-electron chi connectivity index (χ4n) is 1.97. The van der Waals surface area contributed by atoms with Crippen LogP contribution in [0.2, 0.25) is 0 Å². The second-order valence-electron chi connectivity index (χ2n) is 3.91. The molecule has 1 fully saturated rings. The third-order valence-electron chi connectivity index (χ3n) is 2.79. The van der Waals surface area contributed by atoms with Crippen LogP contribution in [0, 0.1) is 0 Å². The van der Waals surface area contributed by atoms with Crippen molar-refractivity contribution in [1.29, 1.82) is 0 Å². The first-order chi connectivity index (χ1) is 7.31. The number of ketones is 1. The van der Waals surface area contributed by atoms with Gasteiger partial charge in [-0.15, -0.1) is 0 Å². The molecule has 1 aliphatic rings. The Balaban J connectivity index is 2.23. The third kappa shape index (κ3) is 2.25. The van der Waals surface area contributed by atoms with Gasteiger partial charge in [0.15, 0.2) is 5.78 Å². The molecule has 80 valence electrons. The van der Waals surface area contributed by atoms with Gasteiger partial charge in [0.25, 0.3) is 0 Å². The number of carbonyl (C=O) groups excluding carboxylic acids is 1. The van der Waals surface area contributed by atoms with Crippen LogP contribution in [0.15, 0.2) is 24.3 Å². The highest BCUT2D eigenvalue weighted by molar-refractivity contribution is 5.86. The van der Waals surface area contributed by atoms with Crippen molar-refractivity contribution in [3.05, 3.63) is 35.4 Å². The Morgan fingerprint density at radius 2 is 2.33 bits per heavy atom. The van der Waals surface area contributed by atoms with Gasteiger partial charge in [0.1, 0.15) is 0 Å². The van der Waals surface area contributed by atoms with Gasteiger partial charge in [-0.05, 0) is 24.1 Å². The third-order valence-corrected chi connectivity index (χ3v) is 2.79. The average Bonchev–Trinajstić information content (AvgIpc) is 2.30. The molecule has 0 radical (unpaired) electrons. The molecular formula is C12H16N2O. The second-order valence-corrected chi connectivity index (χ2v) is 3.91. The molecule has 1 saturated heterocycles. The summed E-state index contributed by atoms with van der Waals surface area (Å²) >= 11 is 0. The Hall–Kier alpha value is -1.19. The lowest BCUT2D eigenvalue weighted by Crippen LogP contribution is -2.34. The molecule has 1 unspecified atom stereocenters. The fraction of sp³-hybridized carbons (Fsp3) is 0.417. The zero-order chi connectivity index (χ0) is 10.7. The van der Waals surface area contributed by atoms with E-state index in [1.807, 2.05) is 24.3 Å². The predicted molar refractivity (Wildman–Crippen MR) is 59.3 cm³/mol. The SMILES string of the molecule is NCc1cccc(C2NCCCC2=O)c1. The molecule has 1 atom stereocenters. The summed E-state index contributed by atoms with van der Waals surface area (Å²) in [6.45, 7) is 1.44. The molecule has 3 heteroatoms. The van der Waals surface area contributed by atoms with E-state index in [-0.39, 0.29) is 11.8 Å². The van der Waals surface area contributed by atoms with Gasteiger partial charge in [-0.1, -0.05) is 24.3 Å². The summed E-state index contributed by atoms with van der Waals surface area (Å²) in [5.74, 6) is 0.287. The average molecular weight is 204 g/mol. The van der Waals surface area contributed by atoms with Crippen LogP contribution in [0.5, 0.6) is 0 Å². The first-order valence-corrected chi connectivity index (χ1v) is 5.36. The Morgan fingerprint density at radius 3 is 3.07 bits per heavy atom. The maximum absolute atomic E-state index is 11.7. The first kappa shape index (κ1) is 10.3. The molecule has 0 aliphatic carbocycles. The van der Waals surface area contributed by atoms with Crippen LogP contribution in [0.3, 0.4) is 0 Å². The number of Topliss-reactive ketones (excluding diaryl/α,β-unsaturated/α-hetero) is 1. The van der Waals surface area contributed by atoms with Gasteiger partial charge in [0, 0.05) is 13.0 Å². The quantitative estimate of drug-likeness (QED) is 0.759. The number of hydrogen-bond acceptors (Lipinski definition) is 3. The Labute approximate surface area is 89.7 Å². The lowest BCUT2D eigenvalue weighted by Gasteiger charge is -2.22. The second kappa shape index (κ2) is 4.55. The maximum atomic E-state index is 11.7. The molecule has 1 aliphatic heterocycles. The first-order valence-electron chi connectivity index (χ1n) is 5.36. The van der Waals surface area contributed by atoms with Gasteiger partial charge in [-0.3, -0.25) is 4.79 Å². The van der Waals surface area contributed by atoms with E-state index in [9.17, 15) is 4.79 Å². The van der Waals surface area contributed by atoms with Crippen LogP contribution < -0.4 is 11.1 Å². The van der Waals surface area contributed by atoms with Crippen molar-refractivity contribution in [2.24, 2.45) is 5.73 Å². The van der Waals surface area contributed by atoms with E-state index in [2.05, 4.69) is 5.32 Å². The summed E-state index contributed by atoms with van der Waals surface area (Å²) < 4.78 is 0. The van der Waals surface area contributed by atoms with E-state index < -0.39 is 0 Å². The molecule has 3 nitrogen and oxygen atoms in total. The highest BCUT2D eigenvalue weighted by Crippen LogP contribution is 2.20. The molecule has 1 heterocycles. The normalized spacial score (nSPS) is 21.7. The van der Waals surface area contributed by atoms with E-state index in [4.69, 9.17) is 5.73 Å². The lowest BCUT2D eigenvalue weighted by molar-refractivity contribution is -0.122. The number of carbonyl (C=O) groups is 1. The van der Waals surface area contributed by atoms with E-state index in [0.29, 0.717) is 13.0 Å². The van der Waals surface area contributed by atoms with Crippen LogP contribution in [0.1, 0.15) is 30.0 Å². The van der Waals surface area contributed by atoms with E-state index >= 15 is 0 Å². The molecule has 0 aromatic heterocycles. The summed E-state index contributed by atoms with van der Waals surface area (Å²) in [4.78, 5) is 11.7. The summed E-state index contributed by atoms with van der Waals surface area (Å²) in [6.07, 6.45) is 1.64. The number of nitrogens with one attached hydrogen (secondary N) is 1. The minimum absolute atomic E-state index is 0.120. The summed E-state index contributed by atoms with van der Waals surface area (Å²) in [7, 11) is 0. The largest absolute Gasteiger partial charge is 0.326 e. The fourth-order valence-corrected chi connectivity index (χ4v) is 1.97. The lowest BCUT2D eigenvalue weighted by atomic mass is 9.95. The van der Waals surface area contributed by atoms with Crippen molar-refractivity contribution in [3.63, 3.8) is 0 Å². The molecule has 0 spiro atoms. The summed E-state index contributed by atoms with van der Waals surface area (Å²) in [5, 5.41) is 3.25. The number of nitrogens with two attached hydrogens (primary N) is 1. The molecule has 15 heavy (non-hydrogen) atoms. The highest BCUT2D eigenvalue weighted by atomic mass is 16.1. The molecule has 1 aromatic carbocycles. The smallest absolute Gasteiger partial charge is 0.154 e. The highest BCUT2D eigenvalue weighted by Gasteiger charge is 2.22. The van der Waals surface area contributed by atoms with Crippen molar-refractivity contribution in [2.75, 3.05) is 6.54 Å². The summed E-state index contributed by atoms with van der Waals surface area (Å²) in [6, 6.07) is 7.82. The molecule has 0 saturated carbocycles. The Kier molecular flexibility index (Phi) is 3.14. The van der Waals surface area contributed by atoms with Gasteiger partial charge in [0.05, 0.1) is 6.04 Å². The van der Waals surface area contributed by atoms with Crippen molar-refractivity contribution in [3.8, 4) is 0 Å². The monoisotopic (exact) mass is 204 g/mol. The number of hydrogen-bond donors (Lipinski definition) is 2. The minimum Gasteiger partial charge on any atom is -0.326 e. The molecule has 0 bridgehead atoms. The van der Waals surface area contributed by atoms with E-state index in [1.54, 1.807) is 0 Å². The van der Waals surface area contributed by atoms with Gasteiger partial charge >= 0.3 is 0 Å². The number of piperidine rings is 1. The van der Waals surface area contributed by atoms with E-state index in [0.717, 1.165) is 24.1 Å². The van der Waals surface area contributed by atoms with Crippen LogP contribution >= 0.6 is 0 Å². The van der Waals surface area contributed by atoms with Crippen molar-refractivity contribution in [2.45, 2.75) is 25.4 Å². The zero-order valence-corrected chi connectivity index (χ0v) is 8.70. The number of benzene rings is 1. The van der Waals surface area contributed by atoms with Crippen molar-refractivity contribution < 1.29 is 4.79 Å². The Bertz CT molecular complexity index is 362. The van der Waals surface area contributed by atoms with Crippen LogP contribution in [-0.2, 0) is 11.3 Å².